The summed E-state index contributed by atoms with van der Waals surface area (Å²) in [5.41, 5.74) is 0. The van der Waals surface area contributed by atoms with Gasteiger partial charge in [-0.15, -0.1) is 0 Å². The van der Waals surface area contributed by atoms with Gasteiger partial charge in [-0.1, -0.05) is 6.92 Å². The number of imidazole rings is 1. The highest BCUT2D eigenvalue weighted by atomic mass is 15.3. The molecule has 2 heterocycles. The van der Waals surface area contributed by atoms with E-state index in [1.165, 1.54) is 0 Å². The van der Waals surface area contributed by atoms with Gasteiger partial charge in [-0.2, -0.15) is 0 Å². The van der Waals surface area contributed by atoms with Gasteiger partial charge in [-0.3, -0.25) is 5.41 Å². The fraction of sp³-hybridized carbons (Fsp3) is 0.600. The van der Waals surface area contributed by atoms with Crippen LogP contribution in [0.25, 0.3) is 0 Å². The highest BCUT2D eigenvalue weighted by Crippen LogP contribution is 2.11. The molecule has 0 fully saturated rings. The van der Waals surface area contributed by atoms with Crippen LogP contribution in [-0.2, 0) is 13.1 Å². The Labute approximate surface area is 84.1 Å². The van der Waals surface area contributed by atoms with E-state index in [0.717, 1.165) is 44.1 Å². The van der Waals surface area contributed by atoms with E-state index >= 15 is 0 Å². The molecule has 76 valence electrons. The van der Waals surface area contributed by atoms with Gasteiger partial charge in [0.1, 0.15) is 5.82 Å². The number of amidine groups is 1. The van der Waals surface area contributed by atoms with Crippen molar-refractivity contribution in [3.63, 3.8) is 0 Å². The lowest BCUT2D eigenvalue weighted by Crippen LogP contribution is -2.37. The Morgan fingerprint density at radius 1 is 1.57 bits per heavy atom. The van der Waals surface area contributed by atoms with Gasteiger partial charge in [0.05, 0.1) is 12.4 Å². The molecule has 0 bridgehead atoms. The molecule has 0 saturated heterocycles. The predicted molar refractivity (Wildman–Crippen MR) is 55.3 cm³/mol. The van der Waals surface area contributed by atoms with Crippen LogP contribution < -0.4 is 0 Å². The largest absolute Gasteiger partial charge is 0.351 e. The van der Waals surface area contributed by atoms with E-state index in [9.17, 15) is 0 Å². The van der Waals surface area contributed by atoms with Gasteiger partial charge >= 0.3 is 0 Å². The molecule has 14 heavy (non-hydrogen) atoms. The first-order valence-corrected chi connectivity index (χ1v) is 5.13. The average Bonchev–Trinajstić information content (AvgIpc) is 2.64. The third-order valence-electron chi connectivity index (χ3n) is 2.61. The molecule has 0 radical (unpaired) electrons. The number of nitrogens with zero attached hydrogens (tertiary/aromatic N) is 3. The molecular weight excluding hydrogens is 176 g/mol. The van der Waals surface area contributed by atoms with Crippen LogP contribution in [0, 0.1) is 5.41 Å². The molecule has 4 nitrogen and oxygen atoms in total. The predicted octanol–water partition coefficient (Wildman–Crippen LogP) is 1.48. The first-order valence-electron chi connectivity index (χ1n) is 5.13. The van der Waals surface area contributed by atoms with E-state index in [4.69, 9.17) is 5.41 Å². The van der Waals surface area contributed by atoms with Gasteiger partial charge in [-0.05, 0) is 6.42 Å². The molecule has 1 aliphatic rings. The average molecular weight is 192 g/mol. The molecule has 0 unspecified atom stereocenters. The smallest absolute Gasteiger partial charge is 0.128 e. The minimum Gasteiger partial charge on any atom is -0.351 e. The van der Waals surface area contributed by atoms with Gasteiger partial charge < -0.3 is 9.47 Å². The topological polar surface area (TPSA) is 44.9 Å². The third kappa shape index (κ3) is 1.64. The third-order valence-corrected chi connectivity index (χ3v) is 2.61. The summed E-state index contributed by atoms with van der Waals surface area (Å²) in [6.45, 7) is 4.81. The Morgan fingerprint density at radius 3 is 3.21 bits per heavy atom. The minimum absolute atomic E-state index is 0.752. The molecule has 2 rings (SSSR count). The number of fused-ring (bicyclic) bond motifs is 1. The highest BCUT2D eigenvalue weighted by molar-refractivity contribution is 5.79. The van der Waals surface area contributed by atoms with E-state index in [0.29, 0.717) is 0 Å². The number of hydrogen-bond donors (Lipinski definition) is 1. The fourth-order valence-corrected chi connectivity index (χ4v) is 1.80. The molecule has 0 atom stereocenters. The van der Waals surface area contributed by atoms with Crippen LogP contribution in [0.3, 0.4) is 0 Å². The normalized spacial score (nSPS) is 15.4. The molecule has 0 aromatic carbocycles. The fourth-order valence-electron chi connectivity index (χ4n) is 1.80. The summed E-state index contributed by atoms with van der Waals surface area (Å²) < 4.78 is 2.16. The van der Waals surface area contributed by atoms with Crippen molar-refractivity contribution < 1.29 is 0 Å². The summed E-state index contributed by atoms with van der Waals surface area (Å²) in [6.07, 6.45) is 5.77. The quantitative estimate of drug-likeness (QED) is 0.569. The summed E-state index contributed by atoms with van der Waals surface area (Å²) in [4.78, 5) is 6.39. The zero-order valence-corrected chi connectivity index (χ0v) is 8.53. The number of hydrogen-bond acceptors (Lipinski definition) is 2. The molecule has 0 amide bonds. The van der Waals surface area contributed by atoms with Crippen LogP contribution >= 0.6 is 0 Å². The molecular formula is C10H16N4. The first-order chi connectivity index (χ1) is 6.81. The molecule has 4 heteroatoms. The lowest BCUT2D eigenvalue weighted by Gasteiger charge is -2.29. The molecule has 0 spiro atoms. The van der Waals surface area contributed by atoms with Crippen molar-refractivity contribution in [2.24, 2.45) is 0 Å². The molecule has 1 aliphatic heterocycles. The van der Waals surface area contributed by atoms with Crippen LogP contribution in [0.5, 0.6) is 0 Å². The SMILES string of the molecule is CCCC(=N)N1CCn2ccnc2C1. The zero-order valence-electron chi connectivity index (χ0n) is 8.53. The van der Waals surface area contributed by atoms with Gasteiger partial charge in [0.25, 0.3) is 0 Å². The second-order valence-corrected chi connectivity index (χ2v) is 3.66. The van der Waals surface area contributed by atoms with E-state index < -0.39 is 0 Å². The summed E-state index contributed by atoms with van der Waals surface area (Å²) in [5.74, 6) is 1.83. The lowest BCUT2D eigenvalue weighted by atomic mass is 10.2. The van der Waals surface area contributed by atoms with E-state index in [-0.39, 0.29) is 0 Å². The van der Waals surface area contributed by atoms with Crippen molar-refractivity contribution in [1.82, 2.24) is 14.5 Å². The zero-order chi connectivity index (χ0) is 9.97. The van der Waals surface area contributed by atoms with Crippen LogP contribution in [0.4, 0.5) is 0 Å². The van der Waals surface area contributed by atoms with E-state index in [1.54, 1.807) is 0 Å². The Morgan fingerprint density at radius 2 is 2.43 bits per heavy atom. The second kappa shape index (κ2) is 3.82. The van der Waals surface area contributed by atoms with Crippen LogP contribution in [0.15, 0.2) is 12.4 Å². The summed E-state index contributed by atoms with van der Waals surface area (Å²) in [6, 6.07) is 0. The number of aromatic nitrogens is 2. The Bertz CT molecular complexity index is 329. The van der Waals surface area contributed by atoms with Crippen molar-refractivity contribution in [3.05, 3.63) is 18.2 Å². The maximum atomic E-state index is 7.87. The maximum Gasteiger partial charge on any atom is 0.128 e. The maximum absolute atomic E-state index is 7.87. The molecule has 0 saturated carbocycles. The number of rotatable bonds is 2. The first kappa shape index (κ1) is 9.24. The molecule has 1 aromatic rings. The van der Waals surface area contributed by atoms with Crippen LogP contribution in [0.2, 0.25) is 0 Å². The van der Waals surface area contributed by atoms with Crippen LogP contribution in [0.1, 0.15) is 25.6 Å². The van der Waals surface area contributed by atoms with Crippen molar-refractivity contribution in [1.29, 1.82) is 5.41 Å². The minimum atomic E-state index is 0.752. The molecule has 0 aliphatic carbocycles. The van der Waals surface area contributed by atoms with E-state index in [2.05, 4.69) is 21.4 Å². The standard InChI is InChI=1S/C10H16N4/c1-2-3-9(11)14-7-6-13-5-4-12-10(13)8-14/h4-5,11H,2-3,6-8H2,1H3. The summed E-state index contributed by atoms with van der Waals surface area (Å²) in [5, 5.41) is 7.87. The Hall–Kier alpha value is -1.32. The second-order valence-electron chi connectivity index (χ2n) is 3.66. The van der Waals surface area contributed by atoms with Crippen molar-refractivity contribution in [2.45, 2.75) is 32.9 Å². The Balaban J connectivity index is 2.04. The lowest BCUT2D eigenvalue weighted by molar-refractivity contribution is 0.322. The van der Waals surface area contributed by atoms with Crippen LogP contribution in [-0.4, -0.2) is 26.8 Å². The Kier molecular flexibility index (Phi) is 2.52. The summed E-state index contributed by atoms with van der Waals surface area (Å²) in [7, 11) is 0. The number of nitrogens with one attached hydrogen (secondary N) is 1. The molecule has 1 N–H and O–H groups in total. The highest BCUT2D eigenvalue weighted by Gasteiger charge is 2.17. The van der Waals surface area contributed by atoms with Gasteiger partial charge in [0, 0.05) is 31.9 Å². The van der Waals surface area contributed by atoms with Gasteiger partial charge in [0.2, 0.25) is 0 Å². The van der Waals surface area contributed by atoms with Crippen molar-refractivity contribution in [3.8, 4) is 0 Å². The summed E-state index contributed by atoms with van der Waals surface area (Å²) >= 11 is 0. The van der Waals surface area contributed by atoms with E-state index in [1.807, 2.05) is 12.4 Å². The van der Waals surface area contributed by atoms with Gasteiger partial charge in [-0.25, -0.2) is 4.98 Å². The van der Waals surface area contributed by atoms with Crippen molar-refractivity contribution in [2.75, 3.05) is 6.54 Å². The molecule has 1 aromatic heterocycles. The monoisotopic (exact) mass is 192 g/mol. The van der Waals surface area contributed by atoms with Crippen molar-refractivity contribution >= 4 is 5.84 Å². The van der Waals surface area contributed by atoms with Gasteiger partial charge in [0.15, 0.2) is 0 Å².